The predicted octanol–water partition coefficient (Wildman–Crippen LogP) is 4.32. The summed E-state index contributed by atoms with van der Waals surface area (Å²) in [7, 11) is 0. The largest absolute Gasteiger partial charge is 0.573 e. The highest BCUT2D eigenvalue weighted by Crippen LogP contribution is 2.40. The molecule has 2 heterocycles. The van der Waals surface area contributed by atoms with Crippen molar-refractivity contribution in [2.24, 2.45) is 4.99 Å². The summed E-state index contributed by atoms with van der Waals surface area (Å²) in [5.41, 5.74) is 0.0424. The van der Waals surface area contributed by atoms with E-state index < -0.39 is 36.1 Å². The van der Waals surface area contributed by atoms with E-state index >= 15 is 0 Å². The van der Waals surface area contributed by atoms with Crippen LogP contribution in [0.3, 0.4) is 0 Å². The Balaban J connectivity index is 1.64. The second-order valence-electron chi connectivity index (χ2n) is 7.87. The van der Waals surface area contributed by atoms with E-state index in [0.29, 0.717) is 26.3 Å². The van der Waals surface area contributed by atoms with Gasteiger partial charge in [0.2, 0.25) is 5.91 Å². The summed E-state index contributed by atoms with van der Waals surface area (Å²) >= 11 is 3.06. The van der Waals surface area contributed by atoms with Gasteiger partial charge in [0.25, 0.3) is 0 Å². The lowest BCUT2D eigenvalue weighted by atomic mass is 10.1. The molecule has 0 radical (unpaired) electrons. The average molecular weight is 561 g/mol. The van der Waals surface area contributed by atoms with Crippen molar-refractivity contribution < 1.29 is 36.9 Å². The van der Waals surface area contributed by atoms with Crippen molar-refractivity contribution in [3.05, 3.63) is 46.2 Å². The third-order valence-electron chi connectivity index (χ3n) is 5.67. The van der Waals surface area contributed by atoms with Gasteiger partial charge >= 0.3 is 6.36 Å². The topological polar surface area (TPSA) is 86.6 Å². The second-order valence-corrected chi connectivity index (χ2v) is 8.72. The maximum absolute atomic E-state index is 14.4. The molecule has 2 aliphatic heterocycles. The predicted molar refractivity (Wildman–Crippen MR) is 123 cm³/mol. The highest BCUT2D eigenvalue weighted by molar-refractivity contribution is 9.10. The van der Waals surface area contributed by atoms with Crippen LogP contribution in [0.15, 0.2) is 39.8 Å². The summed E-state index contributed by atoms with van der Waals surface area (Å²) < 4.78 is 62.9. The minimum atomic E-state index is -4.99. The number of aliphatic hydroxyl groups excluding tert-OH is 1. The van der Waals surface area contributed by atoms with Gasteiger partial charge in [-0.2, -0.15) is 0 Å². The van der Waals surface area contributed by atoms with Crippen LogP contribution in [-0.2, 0) is 9.53 Å². The number of nitrogens with one attached hydrogen (secondary N) is 1. The van der Waals surface area contributed by atoms with E-state index in [2.05, 4.69) is 31.0 Å². The zero-order valence-corrected chi connectivity index (χ0v) is 19.9. The fourth-order valence-electron chi connectivity index (χ4n) is 3.79. The Bertz CT molecular complexity index is 1140. The molecule has 2 aliphatic rings. The van der Waals surface area contributed by atoms with Gasteiger partial charge in [0.15, 0.2) is 17.8 Å². The fraction of sp³-hybridized carbons (Fsp3) is 0.364. The number of aliphatic hydroxyl groups is 1. The summed E-state index contributed by atoms with van der Waals surface area (Å²) in [6.07, 6.45) is -5.22. The summed E-state index contributed by atoms with van der Waals surface area (Å²) in [4.78, 5) is 20.0. The maximum Gasteiger partial charge on any atom is 0.573 e. The summed E-state index contributed by atoms with van der Waals surface area (Å²) in [6, 6.07) is 5.75. The molecule has 0 saturated carbocycles. The lowest BCUT2D eigenvalue weighted by Gasteiger charge is -2.32. The van der Waals surface area contributed by atoms with Gasteiger partial charge in [-0.25, -0.2) is 9.38 Å². The molecule has 0 bridgehead atoms. The molecule has 2 aromatic rings. The van der Waals surface area contributed by atoms with Crippen LogP contribution in [0.4, 0.5) is 34.6 Å². The summed E-state index contributed by atoms with van der Waals surface area (Å²) in [5, 5.41) is 13.3. The van der Waals surface area contributed by atoms with Crippen molar-refractivity contribution in [3.8, 4) is 5.75 Å². The highest BCUT2D eigenvalue weighted by atomic mass is 79.9. The smallest absolute Gasteiger partial charge is 0.404 e. The molecule has 1 amide bonds. The number of carbonyl (C=O) groups is 1. The normalized spacial score (nSPS) is 19.3. The van der Waals surface area contributed by atoms with Crippen molar-refractivity contribution in [1.29, 1.82) is 0 Å². The Hall–Kier alpha value is -2.74. The standard InChI is InChI=1S/C22H21BrF4N4O4/c1-12(30-6-8-34-9-7-30)20(32)29-16-10-13(2-5-17(16)35-22(25,26)27)31-11-28-19-14(21(31)33)3-4-15(23)18(19)24/h2-5,10-12,21,33H,6-9H2,1H3,(H,29,32). The number of anilines is 2. The first-order valence-electron chi connectivity index (χ1n) is 10.6. The molecule has 1 fully saturated rings. The lowest BCUT2D eigenvalue weighted by Crippen LogP contribution is -2.47. The fourth-order valence-corrected chi connectivity index (χ4v) is 4.11. The van der Waals surface area contributed by atoms with Crippen LogP contribution in [0.5, 0.6) is 5.75 Å². The van der Waals surface area contributed by atoms with E-state index in [9.17, 15) is 27.5 Å². The van der Waals surface area contributed by atoms with Crippen LogP contribution < -0.4 is 15.0 Å². The van der Waals surface area contributed by atoms with Gasteiger partial charge in [-0.15, -0.1) is 13.2 Å². The van der Waals surface area contributed by atoms with E-state index in [1.54, 1.807) is 6.92 Å². The number of hydrogen-bond acceptors (Lipinski definition) is 7. The summed E-state index contributed by atoms with van der Waals surface area (Å²) in [6.45, 7) is 3.53. The van der Waals surface area contributed by atoms with Gasteiger partial charge in [0.05, 0.1) is 35.8 Å². The number of benzene rings is 2. The van der Waals surface area contributed by atoms with E-state index in [1.165, 1.54) is 29.2 Å². The van der Waals surface area contributed by atoms with Crippen LogP contribution in [0.2, 0.25) is 0 Å². The van der Waals surface area contributed by atoms with E-state index in [-0.39, 0.29) is 27.1 Å². The molecule has 4 rings (SSSR count). The molecule has 2 atom stereocenters. The SMILES string of the molecule is CC(C(=O)Nc1cc(N2C=Nc3c(ccc(Br)c3F)C2O)ccc1OC(F)(F)F)N1CCOCC1. The number of carbonyl (C=O) groups excluding carboxylic acids is 1. The number of nitrogens with zero attached hydrogens (tertiary/aromatic N) is 3. The third-order valence-corrected chi connectivity index (χ3v) is 6.28. The molecule has 2 aromatic carbocycles. The van der Waals surface area contributed by atoms with Gasteiger partial charge in [-0.05, 0) is 47.1 Å². The minimum absolute atomic E-state index is 0.0620. The first-order chi connectivity index (χ1) is 16.5. The molecule has 2 unspecified atom stereocenters. The van der Waals surface area contributed by atoms with Crippen LogP contribution in [0.25, 0.3) is 0 Å². The number of amides is 1. The van der Waals surface area contributed by atoms with Crippen molar-refractivity contribution in [2.45, 2.75) is 25.6 Å². The average Bonchev–Trinajstić information content (AvgIpc) is 2.82. The third kappa shape index (κ3) is 5.58. The van der Waals surface area contributed by atoms with Crippen LogP contribution in [0.1, 0.15) is 18.7 Å². The first-order valence-corrected chi connectivity index (χ1v) is 11.4. The summed E-state index contributed by atoms with van der Waals surface area (Å²) in [5.74, 6) is -1.82. The maximum atomic E-state index is 14.4. The van der Waals surface area contributed by atoms with E-state index in [0.717, 1.165) is 12.4 Å². The number of rotatable bonds is 5. The number of ether oxygens (including phenoxy) is 2. The lowest BCUT2D eigenvalue weighted by molar-refractivity contribution is -0.274. The number of morpholine rings is 1. The molecule has 35 heavy (non-hydrogen) atoms. The van der Waals surface area contributed by atoms with Crippen molar-refractivity contribution in [2.75, 3.05) is 36.5 Å². The van der Waals surface area contributed by atoms with E-state index in [1.807, 2.05) is 4.90 Å². The molecule has 2 N–H and O–H groups in total. The van der Waals surface area contributed by atoms with Crippen molar-refractivity contribution in [3.63, 3.8) is 0 Å². The Morgan fingerprint density at radius 2 is 2.00 bits per heavy atom. The zero-order valence-electron chi connectivity index (χ0n) is 18.4. The van der Waals surface area contributed by atoms with Gasteiger partial charge in [-0.3, -0.25) is 9.69 Å². The van der Waals surface area contributed by atoms with Gasteiger partial charge in [0, 0.05) is 24.3 Å². The van der Waals surface area contributed by atoms with Crippen LogP contribution >= 0.6 is 15.9 Å². The molecule has 0 aliphatic carbocycles. The molecule has 0 aromatic heterocycles. The minimum Gasteiger partial charge on any atom is -0.404 e. The van der Waals surface area contributed by atoms with E-state index in [4.69, 9.17) is 4.74 Å². The molecular weight excluding hydrogens is 540 g/mol. The van der Waals surface area contributed by atoms with Gasteiger partial charge in [-0.1, -0.05) is 6.07 Å². The number of fused-ring (bicyclic) bond motifs is 1. The number of alkyl halides is 3. The van der Waals surface area contributed by atoms with Crippen molar-refractivity contribution >= 4 is 45.2 Å². The quantitative estimate of drug-likeness (QED) is 0.530. The van der Waals surface area contributed by atoms with Crippen LogP contribution in [-0.4, -0.2) is 61.0 Å². The Morgan fingerprint density at radius 1 is 1.29 bits per heavy atom. The van der Waals surface area contributed by atoms with Crippen molar-refractivity contribution in [1.82, 2.24) is 4.90 Å². The first kappa shape index (κ1) is 25.4. The Labute approximate surface area is 206 Å². The molecule has 13 heteroatoms. The number of hydrogen-bond donors (Lipinski definition) is 2. The molecule has 8 nitrogen and oxygen atoms in total. The molecule has 188 valence electrons. The molecule has 1 saturated heterocycles. The monoisotopic (exact) mass is 560 g/mol. The van der Waals surface area contributed by atoms with Crippen LogP contribution in [0, 0.1) is 5.82 Å². The Kier molecular flexibility index (Phi) is 7.31. The number of aliphatic imine (C=N–C) groups is 1. The Morgan fingerprint density at radius 3 is 2.69 bits per heavy atom. The van der Waals surface area contributed by atoms with Gasteiger partial charge in [0.1, 0.15) is 5.69 Å². The van der Waals surface area contributed by atoms with Gasteiger partial charge < -0.3 is 24.8 Å². The molecular formula is C22H21BrF4N4O4. The highest BCUT2D eigenvalue weighted by Gasteiger charge is 2.34. The zero-order chi connectivity index (χ0) is 25.3. The number of halogens is 5. The second kappa shape index (κ2) is 10.1. The molecule has 0 spiro atoms.